The lowest BCUT2D eigenvalue weighted by atomic mass is 10.1. The maximum atomic E-state index is 6.11. The zero-order valence-corrected chi connectivity index (χ0v) is 11.5. The average Bonchev–Trinajstić information content (AvgIpc) is 2.86. The normalized spacial score (nSPS) is 23.7. The number of anilines is 1. The largest absolute Gasteiger partial charge is 0.365 e. The lowest BCUT2D eigenvalue weighted by Gasteiger charge is -2.18. The minimum atomic E-state index is 0.245. The van der Waals surface area contributed by atoms with Gasteiger partial charge in [-0.1, -0.05) is 0 Å². The Morgan fingerprint density at radius 1 is 1.33 bits per heavy atom. The Morgan fingerprint density at radius 2 is 2.17 bits per heavy atom. The van der Waals surface area contributed by atoms with Gasteiger partial charge >= 0.3 is 0 Å². The van der Waals surface area contributed by atoms with Gasteiger partial charge in [-0.2, -0.15) is 0 Å². The van der Waals surface area contributed by atoms with Gasteiger partial charge in [-0.25, -0.2) is 9.97 Å². The molecule has 1 saturated carbocycles. The first-order chi connectivity index (χ1) is 8.66. The highest BCUT2D eigenvalue weighted by atomic mass is 32.1. The zero-order chi connectivity index (χ0) is 12.7. The Balaban J connectivity index is 2.01. The van der Waals surface area contributed by atoms with Crippen LogP contribution in [0.2, 0.25) is 0 Å². The summed E-state index contributed by atoms with van der Waals surface area (Å²) in [4.78, 5) is 11.1. The van der Waals surface area contributed by atoms with Crippen molar-refractivity contribution >= 4 is 27.4 Å². The van der Waals surface area contributed by atoms with Gasteiger partial charge < -0.3 is 11.1 Å². The van der Waals surface area contributed by atoms with Crippen LogP contribution in [0.3, 0.4) is 0 Å². The van der Waals surface area contributed by atoms with E-state index in [1.807, 2.05) is 0 Å². The molecule has 2 heterocycles. The van der Waals surface area contributed by atoms with Crippen LogP contribution in [0.25, 0.3) is 10.2 Å². The molecule has 5 heteroatoms. The third kappa shape index (κ3) is 1.87. The highest BCUT2D eigenvalue weighted by Gasteiger charge is 2.25. The molecule has 2 aromatic rings. The van der Waals surface area contributed by atoms with E-state index in [1.165, 1.54) is 22.2 Å². The molecule has 1 aliphatic carbocycles. The highest BCUT2D eigenvalue weighted by molar-refractivity contribution is 7.18. The number of nitrogens with two attached hydrogens (primary N) is 1. The Morgan fingerprint density at radius 3 is 2.89 bits per heavy atom. The lowest BCUT2D eigenvalue weighted by Crippen LogP contribution is -2.35. The zero-order valence-electron chi connectivity index (χ0n) is 10.7. The summed E-state index contributed by atoms with van der Waals surface area (Å²) < 4.78 is 0. The summed E-state index contributed by atoms with van der Waals surface area (Å²) in [5.41, 5.74) is 7.39. The number of rotatable bonds is 2. The first-order valence-electron chi connectivity index (χ1n) is 6.39. The van der Waals surface area contributed by atoms with Crippen molar-refractivity contribution in [3.8, 4) is 0 Å². The summed E-state index contributed by atoms with van der Waals surface area (Å²) in [6.07, 6.45) is 5.08. The molecule has 3 N–H and O–H groups in total. The fraction of sp³-hybridized carbons (Fsp3) is 0.538. The minimum Gasteiger partial charge on any atom is -0.365 e. The summed E-state index contributed by atoms with van der Waals surface area (Å²) in [5.74, 6) is 0.948. The Kier molecular flexibility index (Phi) is 2.95. The first-order valence-corrected chi connectivity index (χ1v) is 7.21. The van der Waals surface area contributed by atoms with Crippen molar-refractivity contribution in [3.63, 3.8) is 0 Å². The minimum absolute atomic E-state index is 0.245. The second kappa shape index (κ2) is 4.48. The molecule has 2 atom stereocenters. The summed E-state index contributed by atoms with van der Waals surface area (Å²) >= 11 is 1.73. The van der Waals surface area contributed by atoms with Crippen LogP contribution < -0.4 is 11.1 Å². The Labute approximate surface area is 111 Å². The van der Waals surface area contributed by atoms with Crippen molar-refractivity contribution in [1.82, 2.24) is 9.97 Å². The molecule has 18 heavy (non-hydrogen) atoms. The third-order valence-corrected chi connectivity index (χ3v) is 4.97. The van der Waals surface area contributed by atoms with E-state index in [0.29, 0.717) is 6.04 Å². The van der Waals surface area contributed by atoms with Gasteiger partial charge in [-0.3, -0.25) is 0 Å². The molecule has 0 saturated heterocycles. The van der Waals surface area contributed by atoms with Crippen LogP contribution in [-0.4, -0.2) is 22.1 Å². The van der Waals surface area contributed by atoms with E-state index in [1.54, 1.807) is 17.7 Å². The molecule has 1 fully saturated rings. The van der Waals surface area contributed by atoms with E-state index in [2.05, 4.69) is 29.1 Å². The molecule has 0 spiro atoms. The molecule has 1 aliphatic rings. The molecule has 0 aromatic carbocycles. The maximum Gasteiger partial charge on any atom is 0.138 e. The van der Waals surface area contributed by atoms with Gasteiger partial charge in [-0.15, -0.1) is 11.3 Å². The number of aryl methyl sites for hydroxylation is 2. The number of nitrogens with zero attached hydrogens (tertiary/aromatic N) is 2. The molecule has 0 aliphatic heterocycles. The Bertz CT molecular complexity index is 578. The van der Waals surface area contributed by atoms with Crippen LogP contribution in [-0.2, 0) is 0 Å². The number of hydrogen-bond donors (Lipinski definition) is 2. The summed E-state index contributed by atoms with van der Waals surface area (Å²) in [7, 11) is 0. The topological polar surface area (TPSA) is 63.8 Å². The maximum absolute atomic E-state index is 6.11. The second-order valence-corrected chi connectivity index (χ2v) is 6.23. The van der Waals surface area contributed by atoms with E-state index in [-0.39, 0.29) is 6.04 Å². The van der Waals surface area contributed by atoms with Crippen LogP contribution >= 0.6 is 11.3 Å². The molecule has 3 rings (SSSR count). The molecule has 2 unspecified atom stereocenters. The number of aromatic nitrogens is 2. The average molecular weight is 262 g/mol. The van der Waals surface area contributed by atoms with E-state index in [9.17, 15) is 0 Å². The highest BCUT2D eigenvalue weighted by Crippen LogP contribution is 2.33. The molecule has 2 aromatic heterocycles. The molecule has 96 valence electrons. The van der Waals surface area contributed by atoms with Crippen molar-refractivity contribution < 1.29 is 0 Å². The van der Waals surface area contributed by atoms with E-state index < -0.39 is 0 Å². The molecular formula is C13H18N4S. The lowest BCUT2D eigenvalue weighted by molar-refractivity contribution is 0.636. The van der Waals surface area contributed by atoms with E-state index in [4.69, 9.17) is 5.73 Å². The van der Waals surface area contributed by atoms with Crippen molar-refractivity contribution in [2.24, 2.45) is 5.73 Å². The number of nitrogens with one attached hydrogen (secondary N) is 1. The third-order valence-electron chi connectivity index (χ3n) is 3.86. The fourth-order valence-electron chi connectivity index (χ4n) is 2.64. The molecule has 4 nitrogen and oxygen atoms in total. The second-order valence-electron chi connectivity index (χ2n) is 5.03. The van der Waals surface area contributed by atoms with Crippen LogP contribution in [0.1, 0.15) is 29.7 Å². The predicted octanol–water partition coefficient (Wildman–Crippen LogP) is 2.60. The van der Waals surface area contributed by atoms with Gasteiger partial charge in [0.2, 0.25) is 0 Å². The van der Waals surface area contributed by atoms with Crippen molar-refractivity contribution in [1.29, 1.82) is 0 Å². The van der Waals surface area contributed by atoms with Gasteiger partial charge in [0.05, 0.1) is 5.39 Å². The van der Waals surface area contributed by atoms with Gasteiger partial charge in [0, 0.05) is 17.0 Å². The SMILES string of the molecule is Cc1sc2ncnc(NC3CCCC3N)c2c1C. The fourth-order valence-corrected chi connectivity index (χ4v) is 3.63. The quantitative estimate of drug-likeness (QED) is 0.873. The number of hydrogen-bond acceptors (Lipinski definition) is 5. The van der Waals surface area contributed by atoms with Crippen LogP contribution in [0.15, 0.2) is 6.33 Å². The van der Waals surface area contributed by atoms with Crippen LogP contribution in [0.5, 0.6) is 0 Å². The monoisotopic (exact) mass is 262 g/mol. The summed E-state index contributed by atoms with van der Waals surface area (Å²) in [6.45, 7) is 4.27. The van der Waals surface area contributed by atoms with E-state index >= 15 is 0 Å². The van der Waals surface area contributed by atoms with Crippen LogP contribution in [0, 0.1) is 13.8 Å². The summed E-state index contributed by atoms with van der Waals surface area (Å²) in [5, 5.41) is 4.68. The van der Waals surface area contributed by atoms with Gasteiger partial charge in [0.25, 0.3) is 0 Å². The van der Waals surface area contributed by atoms with Crippen molar-refractivity contribution in [2.45, 2.75) is 45.2 Å². The molecule has 0 amide bonds. The predicted molar refractivity (Wildman–Crippen MR) is 76.1 cm³/mol. The van der Waals surface area contributed by atoms with Crippen LogP contribution in [0.4, 0.5) is 5.82 Å². The van der Waals surface area contributed by atoms with Gasteiger partial charge in [-0.05, 0) is 38.7 Å². The Hall–Kier alpha value is -1.20. The summed E-state index contributed by atoms with van der Waals surface area (Å²) in [6, 6.07) is 0.595. The molecule has 0 bridgehead atoms. The number of thiophene rings is 1. The van der Waals surface area contributed by atoms with Gasteiger partial charge in [0.1, 0.15) is 17.0 Å². The number of fused-ring (bicyclic) bond motifs is 1. The molecule has 0 radical (unpaired) electrons. The van der Waals surface area contributed by atoms with Crippen molar-refractivity contribution in [3.05, 3.63) is 16.8 Å². The van der Waals surface area contributed by atoms with Gasteiger partial charge in [0.15, 0.2) is 0 Å². The smallest absolute Gasteiger partial charge is 0.138 e. The van der Waals surface area contributed by atoms with Crippen molar-refractivity contribution in [2.75, 3.05) is 5.32 Å². The standard InChI is InChI=1S/C13H18N4S/c1-7-8(2)18-13-11(7)12(15-6-16-13)17-10-5-3-4-9(10)14/h6,9-10H,3-5,14H2,1-2H3,(H,15,16,17). The van der Waals surface area contributed by atoms with E-state index in [0.717, 1.165) is 23.5 Å². The molecular weight excluding hydrogens is 244 g/mol. The first kappa shape index (κ1) is 11.9.